The number of fused-ring (bicyclic) bond motifs is 3. The third-order valence-corrected chi connectivity index (χ3v) is 14.8. The lowest BCUT2D eigenvalue weighted by Crippen LogP contribution is -2.74. The Morgan fingerprint density at radius 2 is 0.725 bits per heavy atom. The number of hydrogen-bond acceptors (Lipinski definition) is 2. The number of hydrogen-bond donors (Lipinski definition) is 0. The van der Waals surface area contributed by atoms with Crippen LogP contribution in [0.1, 0.15) is 0 Å². The van der Waals surface area contributed by atoms with E-state index >= 15 is 0 Å². The standard InChI is InChI=1S/C48H35NOSi/c1-6-16-36(17-7-1)37-26-32-47-45(34-37)46-35-40(29-33-48(46)50-47)49(38-18-8-2-9-19-38)39-27-30-44(31-28-39)51(41-20-10-3-11-21-41,42-22-12-4-13-23-42)43-24-14-5-15-25-43/h1-35H. The molecule has 0 radical (unpaired) electrons. The van der Waals surface area contributed by atoms with Crippen molar-refractivity contribution in [3.63, 3.8) is 0 Å². The molecule has 0 aliphatic heterocycles. The molecule has 9 aromatic rings. The van der Waals surface area contributed by atoms with E-state index in [0.717, 1.165) is 39.0 Å². The van der Waals surface area contributed by atoms with Crippen LogP contribution < -0.4 is 25.6 Å². The van der Waals surface area contributed by atoms with Gasteiger partial charge in [-0.1, -0.05) is 158 Å². The fraction of sp³-hybridized carbons (Fsp3) is 0. The summed E-state index contributed by atoms with van der Waals surface area (Å²) >= 11 is 0. The molecule has 242 valence electrons. The van der Waals surface area contributed by atoms with Crippen LogP contribution in [0.2, 0.25) is 0 Å². The molecule has 0 N–H and O–H groups in total. The van der Waals surface area contributed by atoms with E-state index in [1.165, 1.54) is 31.9 Å². The molecule has 0 aliphatic rings. The molecule has 51 heavy (non-hydrogen) atoms. The Balaban J connectivity index is 1.21. The summed E-state index contributed by atoms with van der Waals surface area (Å²) in [5.74, 6) is 0. The Labute approximate surface area is 299 Å². The van der Waals surface area contributed by atoms with Crippen LogP contribution in [0.5, 0.6) is 0 Å². The highest BCUT2D eigenvalue weighted by Gasteiger charge is 2.41. The summed E-state index contributed by atoms with van der Waals surface area (Å²) in [6.45, 7) is 0. The summed E-state index contributed by atoms with van der Waals surface area (Å²) in [4.78, 5) is 2.35. The smallest absolute Gasteiger partial charge is 0.179 e. The number of nitrogens with zero attached hydrogens (tertiary/aromatic N) is 1. The largest absolute Gasteiger partial charge is 0.456 e. The molecule has 0 saturated heterocycles. The van der Waals surface area contributed by atoms with Gasteiger partial charge in [0.25, 0.3) is 0 Å². The lowest BCUT2D eigenvalue weighted by molar-refractivity contribution is 0.669. The van der Waals surface area contributed by atoms with E-state index in [9.17, 15) is 0 Å². The van der Waals surface area contributed by atoms with Crippen molar-refractivity contribution in [1.82, 2.24) is 0 Å². The highest BCUT2D eigenvalue weighted by Crippen LogP contribution is 2.39. The van der Waals surface area contributed by atoms with E-state index in [4.69, 9.17) is 4.42 Å². The molecule has 0 aliphatic carbocycles. The Morgan fingerprint density at radius 3 is 1.27 bits per heavy atom. The minimum atomic E-state index is -2.64. The van der Waals surface area contributed by atoms with Crippen LogP contribution in [-0.4, -0.2) is 8.07 Å². The van der Waals surface area contributed by atoms with E-state index in [2.05, 4.69) is 217 Å². The SMILES string of the molecule is c1ccc(-c2ccc3oc4ccc(N(c5ccccc5)c5ccc([Si](c6ccccc6)(c6ccccc6)c6ccccc6)cc5)cc4c3c2)cc1. The van der Waals surface area contributed by atoms with Gasteiger partial charge in [0.2, 0.25) is 0 Å². The number of para-hydroxylation sites is 1. The van der Waals surface area contributed by atoms with Gasteiger partial charge in [0.1, 0.15) is 11.2 Å². The minimum Gasteiger partial charge on any atom is -0.456 e. The quantitative estimate of drug-likeness (QED) is 0.118. The number of anilines is 3. The van der Waals surface area contributed by atoms with Crippen molar-refractivity contribution in [2.45, 2.75) is 0 Å². The van der Waals surface area contributed by atoms with E-state index < -0.39 is 8.07 Å². The zero-order valence-corrected chi connectivity index (χ0v) is 29.1. The summed E-state index contributed by atoms with van der Waals surface area (Å²) in [6.07, 6.45) is 0. The first-order valence-electron chi connectivity index (χ1n) is 17.4. The first-order valence-corrected chi connectivity index (χ1v) is 19.4. The minimum absolute atomic E-state index is 0.881. The van der Waals surface area contributed by atoms with Crippen LogP contribution in [0.15, 0.2) is 217 Å². The summed E-state index contributed by atoms with van der Waals surface area (Å²) < 4.78 is 6.35. The van der Waals surface area contributed by atoms with Gasteiger partial charge >= 0.3 is 0 Å². The molecule has 2 nitrogen and oxygen atoms in total. The number of furan rings is 1. The molecule has 0 fully saturated rings. The second-order valence-electron chi connectivity index (χ2n) is 12.9. The van der Waals surface area contributed by atoms with Gasteiger partial charge < -0.3 is 9.32 Å². The average molecular weight is 670 g/mol. The summed E-state index contributed by atoms with van der Waals surface area (Å²) in [6, 6.07) is 76.7. The molecule has 8 aromatic carbocycles. The van der Waals surface area contributed by atoms with Gasteiger partial charge in [0.05, 0.1) is 0 Å². The second kappa shape index (κ2) is 13.1. The highest BCUT2D eigenvalue weighted by molar-refractivity contribution is 7.19. The lowest BCUT2D eigenvalue weighted by Gasteiger charge is -2.35. The Kier molecular flexibility index (Phi) is 7.88. The Bertz CT molecular complexity index is 2450. The maximum atomic E-state index is 6.35. The molecule has 3 heteroatoms. The molecule has 1 heterocycles. The van der Waals surface area contributed by atoms with Crippen molar-refractivity contribution in [2.75, 3.05) is 4.90 Å². The molecular weight excluding hydrogens is 635 g/mol. The van der Waals surface area contributed by atoms with E-state index in [1.54, 1.807) is 0 Å². The molecule has 0 amide bonds. The Morgan fingerprint density at radius 1 is 0.314 bits per heavy atom. The van der Waals surface area contributed by atoms with Crippen LogP contribution in [0, 0.1) is 0 Å². The van der Waals surface area contributed by atoms with Gasteiger partial charge in [-0.3, -0.25) is 0 Å². The zero-order chi connectivity index (χ0) is 34.0. The van der Waals surface area contributed by atoms with Crippen molar-refractivity contribution in [2.24, 2.45) is 0 Å². The number of benzene rings is 8. The Hall–Kier alpha value is -6.42. The molecule has 9 rings (SSSR count). The predicted octanol–water partition coefficient (Wildman–Crippen LogP) is 10.1. The first-order chi connectivity index (χ1) is 25.3. The fourth-order valence-corrected chi connectivity index (χ4v) is 12.4. The molecule has 0 unspecified atom stereocenters. The van der Waals surface area contributed by atoms with Gasteiger partial charge in [-0.15, -0.1) is 0 Å². The first kappa shape index (κ1) is 30.6. The maximum Gasteiger partial charge on any atom is 0.179 e. The second-order valence-corrected chi connectivity index (χ2v) is 16.7. The monoisotopic (exact) mass is 669 g/mol. The van der Waals surface area contributed by atoms with E-state index in [1.807, 2.05) is 0 Å². The van der Waals surface area contributed by atoms with Gasteiger partial charge in [0.15, 0.2) is 8.07 Å². The van der Waals surface area contributed by atoms with Crippen molar-refractivity contribution >= 4 is 67.8 Å². The van der Waals surface area contributed by atoms with E-state index in [0.29, 0.717) is 0 Å². The van der Waals surface area contributed by atoms with Crippen molar-refractivity contribution in [1.29, 1.82) is 0 Å². The van der Waals surface area contributed by atoms with Crippen molar-refractivity contribution in [3.05, 3.63) is 212 Å². The van der Waals surface area contributed by atoms with Gasteiger partial charge in [-0.25, -0.2) is 0 Å². The number of rotatable bonds is 8. The summed E-state index contributed by atoms with van der Waals surface area (Å²) in [5, 5.41) is 7.64. The highest BCUT2D eigenvalue weighted by atomic mass is 28.3. The third-order valence-electron chi connectivity index (χ3n) is 10.0. The third kappa shape index (κ3) is 5.45. The summed E-state index contributed by atoms with van der Waals surface area (Å²) in [5.41, 5.74) is 7.41. The normalized spacial score (nSPS) is 11.5. The molecule has 0 saturated carbocycles. The topological polar surface area (TPSA) is 16.4 Å². The lowest BCUT2D eigenvalue weighted by atomic mass is 10.0. The van der Waals surface area contributed by atoms with E-state index in [-0.39, 0.29) is 0 Å². The van der Waals surface area contributed by atoms with Crippen molar-refractivity contribution in [3.8, 4) is 11.1 Å². The predicted molar refractivity (Wildman–Crippen MR) is 217 cm³/mol. The molecule has 1 aromatic heterocycles. The maximum absolute atomic E-state index is 6.35. The van der Waals surface area contributed by atoms with Gasteiger partial charge in [-0.05, 0) is 86.5 Å². The van der Waals surface area contributed by atoms with Crippen LogP contribution in [0.3, 0.4) is 0 Å². The van der Waals surface area contributed by atoms with Crippen LogP contribution in [0.25, 0.3) is 33.1 Å². The molecule has 0 atom stereocenters. The van der Waals surface area contributed by atoms with Crippen molar-refractivity contribution < 1.29 is 4.42 Å². The molecular formula is C48H35NOSi. The average Bonchev–Trinajstić information content (AvgIpc) is 3.58. The van der Waals surface area contributed by atoms with Gasteiger partial charge in [0, 0.05) is 27.8 Å². The fourth-order valence-electron chi connectivity index (χ4n) is 7.66. The molecule has 0 spiro atoms. The van der Waals surface area contributed by atoms with Gasteiger partial charge in [-0.2, -0.15) is 0 Å². The molecule has 0 bridgehead atoms. The zero-order valence-electron chi connectivity index (χ0n) is 28.1. The van der Waals surface area contributed by atoms with Crippen LogP contribution >= 0.6 is 0 Å². The van der Waals surface area contributed by atoms with Crippen LogP contribution in [-0.2, 0) is 0 Å². The summed E-state index contributed by atoms with van der Waals surface area (Å²) in [7, 11) is -2.64. The van der Waals surface area contributed by atoms with Crippen LogP contribution in [0.4, 0.5) is 17.1 Å².